The molecule has 1 aromatic carbocycles. The summed E-state index contributed by atoms with van der Waals surface area (Å²) in [4.78, 5) is 9.30. The van der Waals surface area contributed by atoms with Crippen molar-refractivity contribution in [2.24, 2.45) is 11.8 Å². The van der Waals surface area contributed by atoms with Crippen LogP contribution >= 0.6 is 0 Å². The first-order valence-corrected chi connectivity index (χ1v) is 12.8. The van der Waals surface area contributed by atoms with Crippen LogP contribution in [0.25, 0.3) is 11.1 Å². The van der Waals surface area contributed by atoms with E-state index < -0.39 is 0 Å². The number of hydrogen-bond acceptors (Lipinski definition) is 3. The molecule has 0 bridgehead atoms. The summed E-state index contributed by atoms with van der Waals surface area (Å²) in [6.45, 7) is 5.36. The molecule has 3 rings (SSSR count). The van der Waals surface area contributed by atoms with Gasteiger partial charge in [0.15, 0.2) is 0 Å². The molecule has 2 aromatic rings. The lowest BCUT2D eigenvalue weighted by atomic mass is 9.78. The lowest BCUT2D eigenvalue weighted by Gasteiger charge is -2.28. The minimum absolute atomic E-state index is 0.807. The van der Waals surface area contributed by atoms with E-state index in [1.54, 1.807) is 0 Å². The Balaban J connectivity index is 1.39. The second kappa shape index (κ2) is 13.5. The van der Waals surface area contributed by atoms with Crippen LogP contribution in [0.4, 0.5) is 0 Å². The van der Waals surface area contributed by atoms with Gasteiger partial charge in [-0.05, 0) is 42.4 Å². The predicted octanol–water partition coefficient (Wildman–Crippen LogP) is 8.03. The Hall–Kier alpha value is -1.90. The summed E-state index contributed by atoms with van der Waals surface area (Å²) >= 11 is 0. The van der Waals surface area contributed by atoms with Gasteiger partial charge in [0.1, 0.15) is 11.6 Å². The molecule has 170 valence electrons. The van der Waals surface area contributed by atoms with Gasteiger partial charge in [0, 0.05) is 24.4 Å². The summed E-state index contributed by atoms with van der Waals surface area (Å²) in [6, 6.07) is 8.34. The number of benzene rings is 1. The fourth-order valence-corrected chi connectivity index (χ4v) is 4.82. The second-order valence-electron chi connectivity index (χ2n) is 9.39. The fraction of sp³-hybridized carbons (Fsp3) is 0.643. The highest BCUT2D eigenvalue weighted by atomic mass is 16.5. The van der Waals surface area contributed by atoms with Crippen LogP contribution in [0.5, 0.6) is 5.75 Å². The Bertz CT molecular complexity index is 718. The summed E-state index contributed by atoms with van der Waals surface area (Å²) in [6.07, 6.45) is 20.9. The van der Waals surface area contributed by atoms with E-state index >= 15 is 0 Å². The summed E-state index contributed by atoms with van der Waals surface area (Å²) in [7, 11) is 0. The third kappa shape index (κ3) is 8.27. The third-order valence-corrected chi connectivity index (χ3v) is 6.85. The van der Waals surface area contributed by atoms with Gasteiger partial charge in [-0.25, -0.2) is 9.97 Å². The lowest BCUT2D eigenvalue weighted by Crippen LogP contribution is -2.15. The topological polar surface area (TPSA) is 35.0 Å². The zero-order valence-corrected chi connectivity index (χ0v) is 19.8. The summed E-state index contributed by atoms with van der Waals surface area (Å²) in [5.41, 5.74) is 2.23. The van der Waals surface area contributed by atoms with Crippen LogP contribution in [0.2, 0.25) is 0 Å². The Morgan fingerprint density at radius 1 is 0.742 bits per heavy atom. The van der Waals surface area contributed by atoms with Crippen LogP contribution in [0.1, 0.15) is 96.7 Å². The van der Waals surface area contributed by atoms with E-state index in [0.717, 1.165) is 54.0 Å². The molecule has 0 aliphatic heterocycles. The first-order chi connectivity index (χ1) is 15.3. The van der Waals surface area contributed by atoms with Crippen molar-refractivity contribution >= 4 is 0 Å². The van der Waals surface area contributed by atoms with Crippen molar-refractivity contribution in [3.63, 3.8) is 0 Å². The molecule has 0 atom stereocenters. The number of ether oxygens (including phenoxy) is 1. The Kier molecular flexibility index (Phi) is 10.3. The van der Waals surface area contributed by atoms with Crippen molar-refractivity contribution in [1.29, 1.82) is 0 Å². The van der Waals surface area contributed by atoms with E-state index in [0.29, 0.717) is 0 Å². The summed E-state index contributed by atoms with van der Waals surface area (Å²) in [5.74, 6) is 3.79. The molecular formula is C28H42N2O. The molecular weight excluding hydrogens is 380 g/mol. The highest BCUT2D eigenvalue weighted by Crippen LogP contribution is 2.33. The first kappa shape index (κ1) is 23.8. The lowest BCUT2D eigenvalue weighted by molar-refractivity contribution is 0.251. The standard InChI is InChI=1S/C28H42N2O/c1-3-5-6-7-8-20-31-27-17-15-25(16-18-27)26-21-29-28(30-22-26)19-14-24-12-10-23(9-4-2)11-13-24/h15-18,21-24H,3-14,19-20H2,1-2H3/t23-,24-. The van der Waals surface area contributed by atoms with Crippen LogP contribution in [0.3, 0.4) is 0 Å². The van der Waals surface area contributed by atoms with Gasteiger partial charge in [0.2, 0.25) is 0 Å². The highest BCUT2D eigenvalue weighted by Gasteiger charge is 2.20. The Morgan fingerprint density at radius 2 is 1.39 bits per heavy atom. The zero-order valence-electron chi connectivity index (χ0n) is 19.8. The quantitative estimate of drug-likeness (QED) is 0.306. The normalized spacial score (nSPS) is 18.8. The van der Waals surface area contributed by atoms with E-state index in [9.17, 15) is 0 Å². The maximum atomic E-state index is 5.87. The third-order valence-electron chi connectivity index (χ3n) is 6.85. The monoisotopic (exact) mass is 422 g/mol. The highest BCUT2D eigenvalue weighted by molar-refractivity contribution is 5.62. The summed E-state index contributed by atoms with van der Waals surface area (Å²) < 4.78 is 5.87. The van der Waals surface area contributed by atoms with Crippen LogP contribution in [-0.4, -0.2) is 16.6 Å². The van der Waals surface area contributed by atoms with Gasteiger partial charge in [0.25, 0.3) is 0 Å². The molecule has 1 aromatic heterocycles. The van der Waals surface area contributed by atoms with Crippen LogP contribution < -0.4 is 4.74 Å². The Labute approximate surface area is 190 Å². The molecule has 1 aliphatic rings. The van der Waals surface area contributed by atoms with E-state index in [1.807, 2.05) is 12.4 Å². The van der Waals surface area contributed by atoms with Gasteiger partial charge >= 0.3 is 0 Å². The Morgan fingerprint density at radius 3 is 2.03 bits per heavy atom. The van der Waals surface area contributed by atoms with E-state index in [4.69, 9.17) is 4.74 Å². The van der Waals surface area contributed by atoms with Crippen molar-refractivity contribution in [2.45, 2.75) is 97.3 Å². The smallest absolute Gasteiger partial charge is 0.128 e. The largest absolute Gasteiger partial charge is 0.494 e. The average Bonchev–Trinajstić information content (AvgIpc) is 2.82. The summed E-state index contributed by atoms with van der Waals surface area (Å²) in [5, 5.41) is 0. The van der Waals surface area contributed by atoms with Crippen LogP contribution in [0.15, 0.2) is 36.7 Å². The molecule has 3 heteroatoms. The molecule has 0 unspecified atom stereocenters. The molecule has 0 saturated heterocycles. The maximum absolute atomic E-state index is 5.87. The number of hydrogen-bond donors (Lipinski definition) is 0. The van der Waals surface area contributed by atoms with Crippen LogP contribution in [-0.2, 0) is 6.42 Å². The number of rotatable bonds is 13. The second-order valence-corrected chi connectivity index (χ2v) is 9.39. The molecule has 31 heavy (non-hydrogen) atoms. The molecule has 0 radical (unpaired) electrons. The fourth-order valence-electron chi connectivity index (χ4n) is 4.82. The van der Waals surface area contributed by atoms with E-state index in [-0.39, 0.29) is 0 Å². The molecule has 0 spiro atoms. The molecule has 1 heterocycles. The first-order valence-electron chi connectivity index (χ1n) is 12.8. The predicted molar refractivity (Wildman–Crippen MR) is 130 cm³/mol. The van der Waals surface area contributed by atoms with Gasteiger partial charge in [-0.15, -0.1) is 0 Å². The van der Waals surface area contributed by atoms with Gasteiger partial charge in [-0.1, -0.05) is 90.2 Å². The number of nitrogens with zero attached hydrogens (tertiary/aromatic N) is 2. The maximum Gasteiger partial charge on any atom is 0.128 e. The molecule has 3 nitrogen and oxygen atoms in total. The molecule has 1 fully saturated rings. The minimum atomic E-state index is 0.807. The molecule has 0 N–H and O–H groups in total. The molecule has 1 saturated carbocycles. The number of aromatic nitrogens is 2. The molecule has 1 aliphatic carbocycles. The SMILES string of the molecule is CCCCCCCOc1ccc(-c2cnc(CC[C@H]3CC[C@H](CCC)CC3)nc2)cc1. The van der Waals surface area contributed by atoms with Gasteiger partial charge in [0.05, 0.1) is 6.61 Å². The van der Waals surface area contributed by atoms with Crippen molar-refractivity contribution in [3.8, 4) is 16.9 Å². The van der Waals surface area contributed by atoms with Crippen molar-refractivity contribution in [1.82, 2.24) is 9.97 Å². The zero-order chi connectivity index (χ0) is 21.7. The minimum Gasteiger partial charge on any atom is -0.494 e. The van der Waals surface area contributed by atoms with Gasteiger partial charge < -0.3 is 4.74 Å². The van der Waals surface area contributed by atoms with Gasteiger partial charge in [-0.3, -0.25) is 0 Å². The number of unbranched alkanes of at least 4 members (excludes halogenated alkanes) is 4. The van der Waals surface area contributed by atoms with Crippen molar-refractivity contribution in [2.75, 3.05) is 6.61 Å². The van der Waals surface area contributed by atoms with E-state index in [1.165, 1.54) is 70.6 Å². The molecule has 0 amide bonds. The van der Waals surface area contributed by atoms with E-state index in [2.05, 4.69) is 48.1 Å². The average molecular weight is 423 g/mol. The number of aryl methyl sites for hydroxylation is 1. The van der Waals surface area contributed by atoms with Gasteiger partial charge in [-0.2, -0.15) is 0 Å². The van der Waals surface area contributed by atoms with Crippen LogP contribution in [0, 0.1) is 11.8 Å². The van der Waals surface area contributed by atoms with Crippen molar-refractivity contribution < 1.29 is 4.74 Å². The van der Waals surface area contributed by atoms with Crippen molar-refractivity contribution in [3.05, 3.63) is 42.5 Å².